The number of hydrogen-bond donors (Lipinski definition) is 0. The largest absolute Gasteiger partial charge is 0.493 e. The first-order valence-electron chi connectivity index (χ1n) is 9.50. The van der Waals surface area contributed by atoms with Crippen molar-refractivity contribution in [2.24, 2.45) is 0 Å². The standard InChI is InChI=1S/C21H23NO5/c1-4-16(24)27-21-8-7-13(23)19-20(21)9-10-22(2)15(21)11-12-5-6-14(25-3)18(26-19)17(12)20/h5-8,15,19H,4,9-11H2,1-3H3/t15-,19+,20+,21-/m1/s1. The second-order valence-corrected chi connectivity index (χ2v) is 7.91. The summed E-state index contributed by atoms with van der Waals surface area (Å²) < 4.78 is 18.0. The van der Waals surface area contributed by atoms with E-state index in [1.807, 2.05) is 12.1 Å². The maximum atomic E-state index is 12.9. The van der Waals surface area contributed by atoms with E-state index in [0.717, 1.165) is 24.1 Å². The van der Waals surface area contributed by atoms with Crippen LogP contribution < -0.4 is 9.47 Å². The van der Waals surface area contributed by atoms with Crippen molar-refractivity contribution in [3.8, 4) is 11.5 Å². The molecule has 2 heterocycles. The summed E-state index contributed by atoms with van der Waals surface area (Å²) in [6.45, 7) is 2.61. The van der Waals surface area contributed by atoms with Crippen molar-refractivity contribution in [1.82, 2.24) is 4.90 Å². The normalized spacial score (nSPS) is 35.4. The Balaban J connectivity index is 1.84. The monoisotopic (exact) mass is 369 g/mol. The second-order valence-electron chi connectivity index (χ2n) is 7.91. The highest BCUT2D eigenvalue weighted by Gasteiger charge is 2.74. The van der Waals surface area contributed by atoms with Gasteiger partial charge in [-0.1, -0.05) is 13.0 Å². The molecule has 0 saturated carbocycles. The van der Waals surface area contributed by atoms with Crippen molar-refractivity contribution in [3.63, 3.8) is 0 Å². The van der Waals surface area contributed by atoms with Crippen LogP contribution in [-0.4, -0.2) is 55.1 Å². The third kappa shape index (κ3) is 1.79. The van der Waals surface area contributed by atoms with Crippen molar-refractivity contribution < 1.29 is 23.8 Å². The van der Waals surface area contributed by atoms with Gasteiger partial charge >= 0.3 is 5.97 Å². The van der Waals surface area contributed by atoms with E-state index in [-0.39, 0.29) is 17.8 Å². The summed E-state index contributed by atoms with van der Waals surface area (Å²) in [4.78, 5) is 27.6. The van der Waals surface area contributed by atoms with Crippen molar-refractivity contribution in [2.75, 3.05) is 20.7 Å². The Bertz CT molecular complexity index is 893. The van der Waals surface area contributed by atoms with E-state index in [1.165, 1.54) is 0 Å². The number of likely N-dealkylation sites (tertiary alicyclic amines) is 1. The molecule has 2 bridgehead atoms. The van der Waals surface area contributed by atoms with Gasteiger partial charge in [0.2, 0.25) is 0 Å². The Morgan fingerprint density at radius 2 is 2.22 bits per heavy atom. The molecule has 0 unspecified atom stereocenters. The van der Waals surface area contributed by atoms with Gasteiger partial charge in [-0.2, -0.15) is 0 Å². The molecular weight excluding hydrogens is 346 g/mol. The van der Waals surface area contributed by atoms with Crippen LogP contribution in [0.5, 0.6) is 11.5 Å². The average molecular weight is 369 g/mol. The lowest BCUT2D eigenvalue weighted by atomic mass is 9.50. The van der Waals surface area contributed by atoms with Crippen LogP contribution in [0, 0.1) is 0 Å². The minimum Gasteiger partial charge on any atom is -0.493 e. The lowest BCUT2D eigenvalue weighted by Gasteiger charge is -2.61. The molecule has 0 aromatic heterocycles. The minimum absolute atomic E-state index is 0.0379. The molecule has 1 aromatic rings. The van der Waals surface area contributed by atoms with Gasteiger partial charge in [0, 0.05) is 12.0 Å². The number of esters is 1. The van der Waals surface area contributed by atoms with Crippen LogP contribution in [0.2, 0.25) is 0 Å². The maximum absolute atomic E-state index is 12.9. The molecule has 27 heavy (non-hydrogen) atoms. The van der Waals surface area contributed by atoms with Gasteiger partial charge in [0.15, 0.2) is 29.0 Å². The van der Waals surface area contributed by atoms with Crippen LogP contribution in [0.4, 0.5) is 0 Å². The third-order valence-corrected chi connectivity index (χ3v) is 6.88. The van der Waals surface area contributed by atoms with Crippen LogP contribution in [-0.2, 0) is 26.2 Å². The summed E-state index contributed by atoms with van der Waals surface area (Å²) in [6, 6.07) is 3.93. The Hall–Kier alpha value is -2.34. The molecule has 6 heteroatoms. The molecule has 1 fully saturated rings. The van der Waals surface area contributed by atoms with Gasteiger partial charge < -0.3 is 14.2 Å². The minimum atomic E-state index is -0.906. The fourth-order valence-corrected chi connectivity index (χ4v) is 5.70. The summed E-state index contributed by atoms with van der Waals surface area (Å²) in [5.41, 5.74) is 0.545. The van der Waals surface area contributed by atoms with Gasteiger partial charge in [-0.15, -0.1) is 0 Å². The zero-order chi connectivity index (χ0) is 19.0. The predicted molar refractivity (Wildman–Crippen MR) is 97.1 cm³/mol. The first kappa shape index (κ1) is 16.8. The summed E-state index contributed by atoms with van der Waals surface area (Å²) in [5, 5.41) is 0. The SMILES string of the molecule is CCC(=O)O[C@@]12C=CC(=O)[C@@H]3Oc4c(OC)ccc5c4[C@@]31CCN(C)[C@@H]2C5. The third-order valence-electron chi connectivity index (χ3n) is 6.88. The van der Waals surface area contributed by atoms with Crippen LogP contribution in [0.1, 0.15) is 30.9 Å². The fourth-order valence-electron chi connectivity index (χ4n) is 5.70. The zero-order valence-electron chi connectivity index (χ0n) is 15.8. The molecule has 2 aliphatic carbocycles. The fraction of sp³-hybridized carbons (Fsp3) is 0.524. The van der Waals surface area contributed by atoms with Crippen molar-refractivity contribution >= 4 is 11.8 Å². The number of benzene rings is 1. The summed E-state index contributed by atoms with van der Waals surface area (Å²) in [5.74, 6) is 0.926. The topological polar surface area (TPSA) is 65.1 Å². The van der Waals surface area contributed by atoms with Crippen LogP contribution in [0.25, 0.3) is 0 Å². The van der Waals surface area contributed by atoms with E-state index in [9.17, 15) is 9.59 Å². The van der Waals surface area contributed by atoms with Crippen LogP contribution in [0.15, 0.2) is 24.3 Å². The molecule has 0 N–H and O–H groups in total. The average Bonchev–Trinajstić information content (AvgIpc) is 3.03. The van der Waals surface area contributed by atoms with Crippen molar-refractivity contribution in [2.45, 2.75) is 49.3 Å². The van der Waals surface area contributed by atoms with Gasteiger partial charge in [0.05, 0.1) is 18.6 Å². The lowest BCUT2D eigenvalue weighted by molar-refractivity contribution is -0.190. The quantitative estimate of drug-likeness (QED) is 0.757. The Morgan fingerprint density at radius 1 is 1.41 bits per heavy atom. The van der Waals surface area contributed by atoms with E-state index < -0.39 is 17.1 Å². The van der Waals surface area contributed by atoms with Crippen LogP contribution in [0.3, 0.4) is 0 Å². The second kappa shape index (κ2) is 5.35. The zero-order valence-corrected chi connectivity index (χ0v) is 15.8. The molecule has 1 spiro atoms. The van der Waals surface area contributed by atoms with E-state index in [4.69, 9.17) is 14.2 Å². The highest BCUT2D eigenvalue weighted by atomic mass is 16.6. The van der Waals surface area contributed by atoms with E-state index in [1.54, 1.807) is 20.1 Å². The molecule has 1 aromatic carbocycles. The molecule has 4 atom stereocenters. The molecular formula is C21H23NO5. The first-order valence-corrected chi connectivity index (χ1v) is 9.50. The van der Waals surface area contributed by atoms with Gasteiger partial charge in [-0.05, 0) is 50.2 Å². The predicted octanol–water partition coefficient (Wildman–Crippen LogP) is 1.79. The molecule has 6 nitrogen and oxygen atoms in total. The van der Waals surface area contributed by atoms with E-state index >= 15 is 0 Å². The summed E-state index contributed by atoms with van der Waals surface area (Å²) >= 11 is 0. The molecule has 5 rings (SSSR count). The summed E-state index contributed by atoms with van der Waals surface area (Å²) in [7, 11) is 3.66. The molecule has 4 aliphatic rings. The molecule has 0 radical (unpaired) electrons. The number of piperidine rings is 1. The molecule has 2 aliphatic heterocycles. The number of methoxy groups -OCH3 is 1. The highest BCUT2D eigenvalue weighted by molar-refractivity contribution is 5.99. The van der Waals surface area contributed by atoms with E-state index in [2.05, 4.69) is 18.0 Å². The highest BCUT2D eigenvalue weighted by Crippen LogP contribution is 2.64. The van der Waals surface area contributed by atoms with E-state index in [0.29, 0.717) is 24.3 Å². The Kier molecular flexibility index (Phi) is 3.33. The number of likely N-dealkylation sites (N-methyl/N-ethyl adjacent to an activating group) is 1. The number of ketones is 1. The number of hydrogen-bond acceptors (Lipinski definition) is 6. The van der Waals surface area contributed by atoms with Crippen LogP contribution >= 0.6 is 0 Å². The van der Waals surface area contributed by atoms with Gasteiger partial charge in [-0.3, -0.25) is 14.5 Å². The molecule has 0 amide bonds. The maximum Gasteiger partial charge on any atom is 0.306 e. The number of nitrogens with zero attached hydrogens (tertiary/aromatic N) is 1. The van der Waals surface area contributed by atoms with Crippen molar-refractivity contribution in [3.05, 3.63) is 35.4 Å². The Labute approximate surface area is 158 Å². The number of carbonyl (C=O) groups excluding carboxylic acids is 2. The Morgan fingerprint density at radius 3 is 2.96 bits per heavy atom. The summed E-state index contributed by atoms with van der Waals surface area (Å²) in [6.07, 6.45) is 4.40. The molecule has 1 saturated heterocycles. The van der Waals surface area contributed by atoms with Gasteiger partial charge in [0.25, 0.3) is 0 Å². The van der Waals surface area contributed by atoms with Crippen molar-refractivity contribution in [1.29, 1.82) is 0 Å². The number of ether oxygens (including phenoxy) is 3. The number of carbonyl (C=O) groups is 2. The smallest absolute Gasteiger partial charge is 0.306 e. The first-order chi connectivity index (χ1) is 13.0. The number of rotatable bonds is 3. The van der Waals surface area contributed by atoms with Gasteiger partial charge in [0.1, 0.15) is 0 Å². The molecule has 142 valence electrons. The van der Waals surface area contributed by atoms with Gasteiger partial charge in [-0.25, -0.2) is 0 Å². The lowest BCUT2D eigenvalue weighted by Crippen LogP contribution is -2.75.